The Morgan fingerprint density at radius 1 is 0.925 bits per heavy atom. The van der Waals surface area contributed by atoms with Crippen molar-refractivity contribution >= 4 is 50.7 Å². The Bertz CT molecular complexity index is 1430. The largest absolute Gasteiger partial charge is 0.354 e. The minimum Gasteiger partial charge on any atom is -0.354 e. The van der Waals surface area contributed by atoms with Crippen LogP contribution < -0.4 is 9.62 Å². The van der Waals surface area contributed by atoms with Gasteiger partial charge in [0, 0.05) is 23.1 Å². The summed E-state index contributed by atoms with van der Waals surface area (Å²) in [7, 11) is -4.26. The molecule has 0 unspecified atom stereocenters. The first-order valence-electron chi connectivity index (χ1n) is 12.6. The van der Waals surface area contributed by atoms with E-state index in [4.69, 9.17) is 23.2 Å². The van der Waals surface area contributed by atoms with Crippen molar-refractivity contribution in [3.63, 3.8) is 0 Å². The van der Waals surface area contributed by atoms with Gasteiger partial charge in [0.05, 0.1) is 10.6 Å². The Morgan fingerprint density at radius 3 is 2.05 bits per heavy atom. The van der Waals surface area contributed by atoms with Crippen LogP contribution in [-0.2, 0) is 26.2 Å². The number of hydrogen-bond donors (Lipinski definition) is 1. The van der Waals surface area contributed by atoms with E-state index in [1.165, 1.54) is 59.5 Å². The maximum atomic E-state index is 13.9. The SMILES string of the molecule is Cc1ccc(S(=O)(=O)N(CC(=O)N(Cc2ccc(F)cc2)[C@H](C)C(=O)NCC(C)C)c2cc(Cl)cc(Cl)c2)cc1. The maximum Gasteiger partial charge on any atom is 0.264 e. The Morgan fingerprint density at radius 2 is 1.50 bits per heavy atom. The number of rotatable bonds is 11. The van der Waals surface area contributed by atoms with Gasteiger partial charge in [-0.1, -0.05) is 66.9 Å². The highest BCUT2D eigenvalue weighted by atomic mass is 35.5. The lowest BCUT2D eigenvalue weighted by atomic mass is 10.1. The summed E-state index contributed by atoms with van der Waals surface area (Å²) in [5.41, 5.74) is 1.51. The van der Waals surface area contributed by atoms with Crippen LogP contribution in [0, 0.1) is 18.7 Å². The molecule has 2 amide bonds. The molecule has 0 spiro atoms. The fourth-order valence-electron chi connectivity index (χ4n) is 3.87. The van der Waals surface area contributed by atoms with Crippen molar-refractivity contribution in [1.82, 2.24) is 10.2 Å². The zero-order valence-electron chi connectivity index (χ0n) is 22.7. The lowest BCUT2D eigenvalue weighted by Crippen LogP contribution is -2.51. The van der Waals surface area contributed by atoms with Crippen LogP contribution in [0.3, 0.4) is 0 Å². The standard InChI is InChI=1S/C29H32Cl2FN3O4S/c1-19(2)16-33-29(37)21(4)34(17-22-7-9-25(32)10-8-22)28(36)18-35(26-14-23(30)13-24(31)15-26)40(38,39)27-11-5-20(3)6-12-27/h5-15,19,21H,16-18H2,1-4H3,(H,33,37)/t21-/m1/s1. The van der Waals surface area contributed by atoms with Gasteiger partial charge in [0.1, 0.15) is 18.4 Å². The highest BCUT2D eigenvalue weighted by molar-refractivity contribution is 7.92. The molecule has 7 nitrogen and oxygen atoms in total. The number of nitrogens with one attached hydrogen (secondary N) is 1. The molecule has 0 saturated heterocycles. The fourth-order valence-corrected chi connectivity index (χ4v) is 5.78. The summed E-state index contributed by atoms with van der Waals surface area (Å²) in [4.78, 5) is 28.1. The summed E-state index contributed by atoms with van der Waals surface area (Å²) in [5, 5.41) is 3.18. The highest BCUT2D eigenvalue weighted by Crippen LogP contribution is 2.30. The fraction of sp³-hybridized carbons (Fsp3) is 0.310. The van der Waals surface area contributed by atoms with Gasteiger partial charge >= 0.3 is 0 Å². The summed E-state index contributed by atoms with van der Waals surface area (Å²) < 4.78 is 42.2. The van der Waals surface area contributed by atoms with Crippen LogP contribution in [0.4, 0.5) is 10.1 Å². The summed E-state index contributed by atoms with van der Waals surface area (Å²) in [5.74, 6) is -1.32. The molecule has 1 N–H and O–H groups in total. The van der Waals surface area contributed by atoms with Crippen LogP contribution in [0.5, 0.6) is 0 Å². The number of anilines is 1. The van der Waals surface area contributed by atoms with Crippen molar-refractivity contribution in [3.8, 4) is 0 Å². The van der Waals surface area contributed by atoms with Gasteiger partial charge in [0.25, 0.3) is 10.0 Å². The van der Waals surface area contributed by atoms with Crippen LogP contribution in [0.25, 0.3) is 0 Å². The predicted octanol–water partition coefficient (Wildman–Crippen LogP) is 5.83. The number of aryl methyl sites for hydroxylation is 1. The van der Waals surface area contributed by atoms with E-state index in [1.54, 1.807) is 19.1 Å². The van der Waals surface area contributed by atoms with Crippen LogP contribution in [0.2, 0.25) is 10.0 Å². The molecule has 0 aliphatic heterocycles. The van der Waals surface area contributed by atoms with E-state index in [0.29, 0.717) is 12.1 Å². The Balaban J connectivity index is 2.04. The van der Waals surface area contributed by atoms with Gasteiger partial charge in [0.15, 0.2) is 0 Å². The number of carbonyl (C=O) groups excluding carboxylic acids is 2. The summed E-state index contributed by atoms with van der Waals surface area (Å²) in [6.07, 6.45) is 0. The van der Waals surface area contributed by atoms with Gasteiger partial charge in [-0.05, 0) is 67.8 Å². The van der Waals surface area contributed by atoms with E-state index in [1.807, 2.05) is 20.8 Å². The average Bonchev–Trinajstić information content (AvgIpc) is 2.89. The third-order valence-electron chi connectivity index (χ3n) is 6.14. The second-order valence-corrected chi connectivity index (χ2v) is 12.7. The van der Waals surface area contributed by atoms with Crippen molar-refractivity contribution in [1.29, 1.82) is 0 Å². The minimum absolute atomic E-state index is 0.0326. The third kappa shape index (κ3) is 8.19. The molecule has 0 aromatic heterocycles. The average molecular weight is 609 g/mol. The monoisotopic (exact) mass is 607 g/mol. The number of nitrogens with zero attached hydrogens (tertiary/aromatic N) is 2. The lowest BCUT2D eigenvalue weighted by Gasteiger charge is -2.32. The molecule has 214 valence electrons. The summed E-state index contributed by atoms with van der Waals surface area (Å²) in [6.45, 7) is 6.98. The van der Waals surface area contributed by atoms with Crippen LogP contribution in [0.1, 0.15) is 31.9 Å². The van der Waals surface area contributed by atoms with Gasteiger partial charge < -0.3 is 10.2 Å². The topological polar surface area (TPSA) is 86.8 Å². The molecule has 0 saturated carbocycles. The van der Waals surface area contributed by atoms with Crippen molar-refractivity contribution in [2.45, 2.75) is 45.2 Å². The highest BCUT2D eigenvalue weighted by Gasteiger charge is 2.33. The third-order valence-corrected chi connectivity index (χ3v) is 8.37. The number of hydrogen-bond acceptors (Lipinski definition) is 4. The molecule has 0 heterocycles. The van der Waals surface area contributed by atoms with E-state index in [2.05, 4.69) is 5.32 Å². The van der Waals surface area contributed by atoms with Crippen LogP contribution in [-0.4, -0.2) is 44.3 Å². The molecule has 0 fully saturated rings. The molecule has 0 aliphatic rings. The van der Waals surface area contributed by atoms with Crippen molar-refractivity contribution < 1.29 is 22.4 Å². The zero-order chi connectivity index (χ0) is 29.6. The Hall–Kier alpha value is -3.14. The molecule has 11 heteroatoms. The normalized spacial score (nSPS) is 12.2. The predicted molar refractivity (Wildman–Crippen MR) is 156 cm³/mol. The molecule has 3 rings (SSSR count). The van der Waals surface area contributed by atoms with E-state index in [-0.39, 0.29) is 33.1 Å². The Kier molecular flexibility index (Phi) is 10.6. The van der Waals surface area contributed by atoms with E-state index in [0.717, 1.165) is 9.87 Å². The molecule has 1 atom stereocenters. The van der Waals surface area contributed by atoms with Crippen molar-refractivity contribution in [2.75, 3.05) is 17.4 Å². The second kappa shape index (κ2) is 13.5. The zero-order valence-corrected chi connectivity index (χ0v) is 25.0. The van der Waals surface area contributed by atoms with E-state index in [9.17, 15) is 22.4 Å². The molecular formula is C29H32Cl2FN3O4S. The van der Waals surface area contributed by atoms with Gasteiger partial charge in [-0.15, -0.1) is 0 Å². The molecule has 40 heavy (non-hydrogen) atoms. The molecule has 0 aliphatic carbocycles. The number of amides is 2. The van der Waals surface area contributed by atoms with E-state index >= 15 is 0 Å². The van der Waals surface area contributed by atoms with Crippen molar-refractivity contribution in [3.05, 3.63) is 93.7 Å². The minimum atomic E-state index is -4.26. The smallest absolute Gasteiger partial charge is 0.264 e. The van der Waals surface area contributed by atoms with Crippen LogP contribution in [0.15, 0.2) is 71.6 Å². The molecule has 3 aromatic carbocycles. The molecule has 3 aromatic rings. The van der Waals surface area contributed by atoms with Gasteiger partial charge in [-0.2, -0.15) is 0 Å². The van der Waals surface area contributed by atoms with Gasteiger partial charge in [-0.3, -0.25) is 13.9 Å². The second-order valence-electron chi connectivity index (χ2n) is 9.92. The molecular weight excluding hydrogens is 576 g/mol. The van der Waals surface area contributed by atoms with Crippen molar-refractivity contribution in [2.24, 2.45) is 5.92 Å². The van der Waals surface area contributed by atoms with Gasteiger partial charge in [-0.25, -0.2) is 12.8 Å². The number of carbonyl (C=O) groups is 2. The number of benzene rings is 3. The van der Waals surface area contributed by atoms with Gasteiger partial charge in [0.2, 0.25) is 11.8 Å². The molecule has 0 radical (unpaired) electrons. The van der Waals surface area contributed by atoms with Crippen LogP contribution >= 0.6 is 23.2 Å². The molecule has 0 bridgehead atoms. The lowest BCUT2D eigenvalue weighted by molar-refractivity contribution is -0.139. The first-order chi connectivity index (χ1) is 18.8. The summed E-state index contributed by atoms with van der Waals surface area (Å²) in [6, 6.07) is 15.0. The number of sulfonamides is 1. The first kappa shape index (κ1) is 31.4. The maximum absolute atomic E-state index is 13.9. The number of halogens is 3. The van der Waals surface area contributed by atoms with E-state index < -0.39 is 40.2 Å². The Labute approximate surface area is 244 Å². The first-order valence-corrected chi connectivity index (χ1v) is 14.8. The quantitative estimate of drug-likeness (QED) is 0.297. The summed E-state index contributed by atoms with van der Waals surface area (Å²) >= 11 is 12.4.